The highest BCUT2D eigenvalue weighted by atomic mass is 16.5. The standard InChI is InChI=1S/C16H23NO4/c1-11-10-21-12(2)9-17(11)16(18)8-13-5-6-14(19-3)15(7-13)20-4/h5-7,11-12H,8-10H2,1-4H3. The van der Waals surface area contributed by atoms with Gasteiger partial charge in [-0.05, 0) is 31.5 Å². The van der Waals surface area contributed by atoms with E-state index in [1.165, 1.54) is 0 Å². The topological polar surface area (TPSA) is 48.0 Å². The second-order valence-corrected chi connectivity index (χ2v) is 5.41. The molecular formula is C16H23NO4. The van der Waals surface area contributed by atoms with Gasteiger partial charge in [0.05, 0.1) is 39.4 Å². The van der Waals surface area contributed by atoms with Crippen LogP contribution in [0.4, 0.5) is 0 Å². The maximum atomic E-state index is 12.5. The summed E-state index contributed by atoms with van der Waals surface area (Å²) in [6.45, 7) is 5.24. The number of carbonyl (C=O) groups is 1. The Balaban J connectivity index is 2.08. The van der Waals surface area contributed by atoms with E-state index in [2.05, 4.69) is 0 Å². The molecule has 0 aliphatic carbocycles. The molecule has 116 valence electrons. The van der Waals surface area contributed by atoms with Gasteiger partial charge in [0.1, 0.15) is 0 Å². The number of nitrogens with zero attached hydrogens (tertiary/aromatic N) is 1. The highest BCUT2D eigenvalue weighted by molar-refractivity contribution is 5.79. The third-order valence-corrected chi connectivity index (χ3v) is 3.73. The summed E-state index contributed by atoms with van der Waals surface area (Å²) in [5, 5.41) is 0. The highest BCUT2D eigenvalue weighted by Gasteiger charge is 2.27. The Kier molecular flexibility index (Phi) is 5.07. The maximum absolute atomic E-state index is 12.5. The van der Waals surface area contributed by atoms with Gasteiger partial charge in [-0.25, -0.2) is 0 Å². The normalized spacial score (nSPS) is 22.0. The molecule has 0 N–H and O–H groups in total. The smallest absolute Gasteiger partial charge is 0.227 e. The van der Waals surface area contributed by atoms with Crippen molar-refractivity contribution in [2.75, 3.05) is 27.4 Å². The molecule has 1 aromatic rings. The van der Waals surface area contributed by atoms with E-state index in [4.69, 9.17) is 14.2 Å². The van der Waals surface area contributed by atoms with E-state index in [9.17, 15) is 4.79 Å². The van der Waals surface area contributed by atoms with E-state index in [0.717, 1.165) is 5.56 Å². The molecule has 1 fully saturated rings. The van der Waals surface area contributed by atoms with E-state index in [-0.39, 0.29) is 18.1 Å². The Hall–Kier alpha value is -1.75. The molecule has 0 bridgehead atoms. The lowest BCUT2D eigenvalue weighted by Crippen LogP contribution is -2.50. The lowest BCUT2D eigenvalue weighted by atomic mass is 10.1. The van der Waals surface area contributed by atoms with Gasteiger partial charge in [-0.2, -0.15) is 0 Å². The quantitative estimate of drug-likeness (QED) is 0.850. The zero-order chi connectivity index (χ0) is 15.4. The predicted molar refractivity (Wildman–Crippen MR) is 79.8 cm³/mol. The molecule has 1 aromatic carbocycles. The third kappa shape index (κ3) is 3.67. The maximum Gasteiger partial charge on any atom is 0.227 e. The van der Waals surface area contributed by atoms with Gasteiger partial charge in [0.2, 0.25) is 5.91 Å². The minimum absolute atomic E-state index is 0.0931. The van der Waals surface area contributed by atoms with Crippen LogP contribution in [0.15, 0.2) is 18.2 Å². The first kappa shape index (κ1) is 15.6. The number of rotatable bonds is 4. The van der Waals surface area contributed by atoms with Gasteiger partial charge in [-0.3, -0.25) is 4.79 Å². The number of carbonyl (C=O) groups excluding carboxylic acids is 1. The Morgan fingerprint density at radius 2 is 2.00 bits per heavy atom. The average molecular weight is 293 g/mol. The van der Waals surface area contributed by atoms with E-state index < -0.39 is 0 Å². The summed E-state index contributed by atoms with van der Waals surface area (Å²) >= 11 is 0. The lowest BCUT2D eigenvalue weighted by molar-refractivity contribution is -0.142. The van der Waals surface area contributed by atoms with Crippen LogP contribution < -0.4 is 9.47 Å². The monoisotopic (exact) mass is 293 g/mol. The first-order chi connectivity index (χ1) is 10.0. The van der Waals surface area contributed by atoms with Gasteiger partial charge in [0, 0.05) is 6.54 Å². The van der Waals surface area contributed by atoms with Crippen molar-refractivity contribution in [2.45, 2.75) is 32.4 Å². The summed E-state index contributed by atoms with van der Waals surface area (Å²) in [7, 11) is 3.19. The molecule has 0 saturated carbocycles. The van der Waals surface area contributed by atoms with E-state index in [0.29, 0.717) is 31.1 Å². The Morgan fingerprint density at radius 3 is 2.67 bits per heavy atom. The van der Waals surface area contributed by atoms with Crippen molar-refractivity contribution in [3.63, 3.8) is 0 Å². The number of amides is 1. The Labute approximate surface area is 125 Å². The largest absolute Gasteiger partial charge is 0.493 e. The SMILES string of the molecule is COc1ccc(CC(=O)N2CC(C)OCC2C)cc1OC. The van der Waals surface area contributed by atoms with Crippen LogP contribution in [0, 0.1) is 0 Å². The van der Waals surface area contributed by atoms with E-state index >= 15 is 0 Å². The summed E-state index contributed by atoms with van der Waals surface area (Å²) in [6, 6.07) is 5.69. The van der Waals surface area contributed by atoms with Gasteiger partial charge in [0.15, 0.2) is 11.5 Å². The fraction of sp³-hybridized carbons (Fsp3) is 0.562. The Morgan fingerprint density at radius 1 is 1.29 bits per heavy atom. The second kappa shape index (κ2) is 6.80. The molecule has 0 aromatic heterocycles. The first-order valence-electron chi connectivity index (χ1n) is 7.17. The van der Waals surface area contributed by atoms with Crippen molar-refractivity contribution in [3.05, 3.63) is 23.8 Å². The van der Waals surface area contributed by atoms with E-state index in [1.807, 2.05) is 36.9 Å². The molecule has 1 aliphatic heterocycles. The van der Waals surface area contributed by atoms with Gasteiger partial charge >= 0.3 is 0 Å². The van der Waals surface area contributed by atoms with Crippen LogP contribution in [0.5, 0.6) is 11.5 Å². The molecule has 1 saturated heterocycles. The molecule has 0 radical (unpaired) electrons. The van der Waals surface area contributed by atoms with Crippen LogP contribution >= 0.6 is 0 Å². The summed E-state index contributed by atoms with van der Waals surface area (Å²) in [5.41, 5.74) is 0.920. The fourth-order valence-electron chi connectivity index (χ4n) is 2.52. The van der Waals surface area contributed by atoms with Crippen LogP contribution in [0.25, 0.3) is 0 Å². The van der Waals surface area contributed by atoms with E-state index in [1.54, 1.807) is 14.2 Å². The van der Waals surface area contributed by atoms with Crippen molar-refractivity contribution in [1.29, 1.82) is 0 Å². The average Bonchev–Trinajstić information content (AvgIpc) is 2.49. The zero-order valence-corrected chi connectivity index (χ0v) is 13.1. The van der Waals surface area contributed by atoms with Crippen LogP contribution in [0.3, 0.4) is 0 Å². The molecule has 1 amide bonds. The fourth-order valence-corrected chi connectivity index (χ4v) is 2.52. The predicted octanol–water partition coefficient (Wildman–Crippen LogP) is 1.88. The minimum atomic E-state index is 0.0931. The molecule has 2 atom stereocenters. The minimum Gasteiger partial charge on any atom is -0.493 e. The van der Waals surface area contributed by atoms with Gasteiger partial charge in [0.25, 0.3) is 0 Å². The van der Waals surface area contributed by atoms with Crippen molar-refractivity contribution in [2.24, 2.45) is 0 Å². The summed E-state index contributed by atoms with van der Waals surface area (Å²) < 4.78 is 16.0. The Bertz CT molecular complexity index is 503. The van der Waals surface area contributed by atoms with Crippen molar-refractivity contribution in [1.82, 2.24) is 4.90 Å². The number of morpholine rings is 1. The van der Waals surface area contributed by atoms with Crippen LogP contribution in [-0.4, -0.2) is 50.3 Å². The van der Waals surface area contributed by atoms with Crippen LogP contribution in [0.1, 0.15) is 19.4 Å². The number of ether oxygens (including phenoxy) is 3. The van der Waals surface area contributed by atoms with Gasteiger partial charge < -0.3 is 19.1 Å². The van der Waals surface area contributed by atoms with Crippen molar-refractivity contribution >= 4 is 5.91 Å². The van der Waals surface area contributed by atoms with Crippen molar-refractivity contribution in [3.8, 4) is 11.5 Å². The molecule has 5 heteroatoms. The number of methoxy groups -OCH3 is 2. The van der Waals surface area contributed by atoms with Crippen molar-refractivity contribution < 1.29 is 19.0 Å². The third-order valence-electron chi connectivity index (χ3n) is 3.73. The molecule has 2 unspecified atom stereocenters. The molecule has 2 rings (SSSR count). The first-order valence-corrected chi connectivity index (χ1v) is 7.17. The molecule has 0 spiro atoms. The molecule has 1 heterocycles. The van der Waals surface area contributed by atoms with Gasteiger partial charge in [-0.1, -0.05) is 6.07 Å². The molecule has 1 aliphatic rings. The lowest BCUT2D eigenvalue weighted by Gasteiger charge is -2.37. The number of hydrogen-bond donors (Lipinski definition) is 0. The second-order valence-electron chi connectivity index (χ2n) is 5.41. The summed E-state index contributed by atoms with van der Waals surface area (Å²) in [4.78, 5) is 14.4. The van der Waals surface area contributed by atoms with Gasteiger partial charge in [-0.15, -0.1) is 0 Å². The van der Waals surface area contributed by atoms with Crippen LogP contribution in [-0.2, 0) is 16.0 Å². The zero-order valence-electron chi connectivity index (χ0n) is 13.1. The molecule has 21 heavy (non-hydrogen) atoms. The molecule has 5 nitrogen and oxygen atoms in total. The number of benzene rings is 1. The van der Waals surface area contributed by atoms with Crippen LogP contribution in [0.2, 0.25) is 0 Å². The highest BCUT2D eigenvalue weighted by Crippen LogP contribution is 2.28. The summed E-state index contributed by atoms with van der Waals surface area (Å²) in [6.07, 6.45) is 0.452. The number of hydrogen-bond acceptors (Lipinski definition) is 4. The summed E-state index contributed by atoms with van der Waals surface area (Å²) in [5.74, 6) is 1.43. The molecular weight excluding hydrogens is 270 g/mol.